The van der Waals surface area contributed by atoms with Gasteiger partial charge in [-0.3, -0.25) is 0 Å². The Labute approximate surface area is 89.0 Å². The van der Waals surface area contributed by atoms with Crippen LogP contribution in [0, 0.1) is 0 Å². The van der Waals surface area contributed by atoms with Crippen molar-refractivity contribution < 1.29 is 10.2 Å². The van der Waals surface area contributed by atoms with Gasteiger partial charge in [0.1, 0.15) is 0 Å². The third kappa shape index (κ3) is 4.13. The predicted octanol–water partition coefficient (Wildman–Crippen LogP) is 1.84. The molecule has 1 aromatic carbocycles. The molecular formula is C11H16O2S. The summed E-state index contributed by atoms with van der Waals surface area (Å²) < 4.78 is 0. The van der Waals surface area contributed by atoms with Crippen LogP contribution in [0.15, 0.2) is 30.3 Å². The highest BCUT2D eigenvalue weighted by Gasteiger charge is 2.05. The van der Waals surface area contributed by atoms with Gasteiger partial charge in [-0.1, -0.05) is 30.3 Å². The first-order valence-corrected chi connectivity index (χ1v) is 5.91. The van der Waals surface area contributed by atoms with Gasteiger partial charge < -0.3 is 10.2 Å². The highest BCUT2D eigenvalue weighted by molar-refractivity contribution is 7.99. The van der Waals surface area contributed by atoms with Gasteiger partial charge in [-0.15, -0.1) is 0 Å². The Morgan fingerprint density at radius 2 is 1.86 bits per heavy atom. The molecule has 0 aliphatic carbocycles. The molecule has 0 radical (unpaired) electrons. The van der Waals surface area contributed by atoms with Crippen LogP contribution in [-0.4, -0.2) is 28.3 Å². The summed E-state index contributed by atoms with van der Waals surface area (Å²) in [5.41, 5.74) is 0.970. The zero-order valence-corrected chi connectivity index (χ0v) is 8.91. The van der Waals surface area contributed by atoms with E-state index in [0.717, 1.165) is 23.5 Å². The van der Waals surface area contributed by atoms with Crippen LogP contribution in [0.25, 0.3) is 0 Å². The molecule has 0 heterocycles. The van der Waals surface area contributed by atoms with Crippen molar-refractivity contribution in [1.82, 2.24) is 0 Å². The summed E-state index contributed by atoms with van der Waals surface area (Å²) in [5, 5.41) is 18.3. The molecule has 0 amide bonds. The molecule has 14 heavy (non-hydrogen) atoms. The number of benzene rings is 1. The lowest BCUT2D eigenvalue weighted by Gasteiger charge is -2.09. The number of rotatable bonds is 6. The fourth-order valence-electron chi connectivity index (χ4n) is 1.20. The Kier molecular flexibility index (Phi) is 5.68. The van der Waals surface area contributed by atoms with Crippen molar-refractivity contribution >= 4 is 11.8 Å². The molecule has 1 rings (SSSR count). The number of hydrogen-bond donors (Lipinski definition) is 2. The molecule has 0 unspecified atom stereocenters. The number of aliphatic hydroxyl groups excluding tert-OH is 2. The number of hydrogen-bond acceptors (Lipinski definition) is 3. The van der Waals surface area contributed by atoms with E-state index in [1.54, 1.807) is 11.8 Å². The summed E-state index contributed by atoms with van der Waals surface area (Å²) in [6, 6.07) is 9.67. The predicted molar refractivity (Wildman–Crippen MR) is 60.4 cm³/mol. The minimum absolute atomic E-state index is 0.214. The van der Waals surface area contributed by atoms with Crippen LogP contribution in [0.5, 0.6) is 0 Å². The van der Waals surface area contributed by atoms with Gasteiger partial charge >= 0.3 is 0 Å². The van der Waals surface area contributed by atoms with Crippen molar-refractivity contribution in [1.29, 1.82) is 0 Å². The van der Waals surface area contributed by atoms with Crippen LogP contribution < -0.4 is 0 Å². The van der Waals surface area contributed by atoms with Crippen LogP contribution in [0.4, 0.5) is 0 Å². The first kappa shape index (κ1) is 11.6. The Balaban J connectivity index is 2.25. The third-order valence-corrected chi connectivity index (χ3v) is 2.95. The molecule has 0 aliphatic rings. The van der Waals surface area contributed by atoms with Gasteiger partial charge in [-0.2, -0.15) is 11.8 Å². The van der Waals surface area contributed by atoms with Crippen molar-refractivity contribution in [3.05, 3.63) is 35.9 Å². The van der Waals surface area contributed by atoms with Gasteiger partial charge in [0.15, 0.2) is 0 Å². The van der Waals surface area contributed by atoms with Gasteiger partial charge in [0.25, 0.3) is 0 Å². The normalized spacial score (nSPS) is 12.7. The SMILES string of the molecule is OCCSCC[C@@H](O)c1ccccc1. The van der Waals surface area contributed by atoms with Crippen LogP contribution in [0.2, 0.25) is 0 Å². The molecular weight excluding hydrogens is 196 g/mol. The van der Waals surface area contributed by atoms with Crippen molar-refractivity contribution in [2.75, 3.05) is 18.1 Å². The summed E-state index contributed by atoms with van der Waals surface area (Å²) in [6.45, 7) is 0.214. The van der Waals surface area contributed by atoms with E-state index >= 15 is 0 Å². The summed E-state index contributed by atoms with van der Waals surface area (Å²) in [4.78, 5) is 0. The molecule has 0 aromatic heterocycles. The zero-order valence-electron chi connectivity index (χ0n) is 8.10. The molecule has 78 valence electrons. The first-order valence-electron chi connectivity index (χ1n) is 4.76. The maximum atomic E-state index is 9.74. The fraction of sp³-hybridized carbons (Fsp3) is 0.455. The largest absolute Gasteiger partial charge is 0.396 e. The molecule has 1 atom stereocenters. The van der Waals surface area contributed by atoms with Gasteiger partial charge in [0.05, 0.1) is 12.7 Å². The van der Waals surface area contributed by atoms with Crippen molar-refractivity contribution in [2.45, 2.75) is 12.5 Å². The summed E-state index contributed by atoms with van der Waals surface area (Å²) in [5.74, 6) is 1.64. The molecule has 3 heteroatoms. The standard InChI is InChI=1S/C11H16O2S/c12-7-9-14-8-6-11(13)10-4-2-1-3-5-10/h1-5,11-13H,6-9H2/t11-/m1/s1. The monoisotopic (exact) mass is 212 g/mol. The van der Waals surface area contributed by atoms with Gasteiger partial charge in [-0.25, -0.2) is 0 Å². The van der Waals surface area contributed by atoms with Gasteiger partial charge in [-0.05, 0) is 17.7 Å². The van der Waals surface area contributed by atoms with E-state index in [1.165, 1.54) is 0 Å². The van der Waals surface area contributed by atoms with E-state index < -0.39 is 0 Å². The van der Waals surface area contributed by atoms with E-state index in [1.807, 2.05) is 30.3 Å². The Hall–Kier alpha value is -0.510. The molecule has 0 fully saturated rings. The summed E-state index contributed by atoms with van der Waals surface area (Å²) in [7, 11) is 0. The zero-order chi connectivity index (χ0) is 10.2. The highest BCUT2D eigenvalue weighted by Crippen LogP contribution is 2.18. The molecule has 0 aliphatic heterocycles. The van der Waals surface area contributed by atoms with E-state index in [2.05, 4.69) is 0 Å². The second-order valence-corrected chi connectivity index (χ2v) is 4.28. The Bertz CT molecular complexity index is 238. The third-order valence-electron chi connectivity index (χ3n) is 1.96. The lowest BCUT2D eigenvalue weighted by atomic mass is 10.1. The van der Waals surface area contributed by atoms with Crippen LogP contribution >= 0.6 is 11.8 Å². The van der Waals surface area contributed by atoms with Crippen LogP contribution in [-0.2, 0) is 0 Å². The quantitative estimate of drug-likeness (QED) is 0.707. The molecule has 2 nitrogen and oxygen atoms in total. The van der Waals surface area contributed by atoms with Crippen molar-refractivity contribution in [3.8, 4) is 0 Å². The summed E-state index contributed by atoms with van der Waals surface area (Å²) in [6.07, 6.45) is 0.372. The molecule has 2 N–H and O–H groups in total. The number of aliphatic hydroxyl groups is 2. The van der Waals surface area contributed by atoms with Gasteiger partial charge in [0, 0.05) is 5.75 Å². The Morgan fingerprint density at radius 3 is 2.50 bits per heavy atom. The lowest BCUT2D eigenvalue weighted by molar-refractivity contribution is 0.175. The number of thioether (sulfide) groups is 1. The van der Waals surface area contributed by atoms with Crippen molar-refractivity contribution in [3.63, 3.8) is 0 Å². The average Bonchev–Trinajstić information content (AvgIpc) is 2.25. The maximum absolute atomic E-state index is 9.74. The van der Waals surface area contributed by atoms with Crippen LogP contribution in [0.1, 0.15) is 18.1 Å². The van der Waals surface area contributed by atoms with Crippen molar-refractivity contribution in [2.24, 2.45) is 0 Å². The summed E-state index contributed by atoms with van der Waals surface area (Å²) >= 11 is 1.67. The molecule has 0 saturated heterocycles. The highest BCUT2D eigenvalue weighted by atomic mass is 32.2. The molecule has 0 saturated carbocycles. The van der Waals surface area contributed by atoms with E-state index in [9.17, 15) is 5.11 Å². The smallest absolute Gasteiger partial charge is 0.0797 e. The second kappa shape index (κ2) is 6.87. The van der Waals surface area contributed by atoms with E-state index in [-0.39, 0.29) is 12.7 Å². The van der Waals surface area contributed by atoms with Crippen LogP contribution in [0.3, 0.4) is 0 Å². The maximum Gasteiger partial charge on any atom is 0.0797 e. The Morgan fingerprint density at radius 1 is 1.14 bits per heavy atom. The molecule has 0 bridgehead atoms. The topological polar surface area (TPSA) is 40.5 Å². The molecule has 1 aromatic rings. The average molecular weight is 212 g/mol. The minimum Gasteiger partial charge on any atom is -0.396 e. The lowest BCUT2D eigenvalue weighted by Crippen LogP contribution is -1.99. The first-order chi connectivity index (χ1) is 6.84. The minimum atomic E-state index is -0.373. The fourth-order valence-corrected chi connectivity index (χ4v) is 1.93. The van der Waals surface area contributed by atoms with E-state index in [0.29, 0.717) is 0 Å². The van der Waals surface area contributed by atoms with Gasteiger partial charge in [0.2, 0.25) is 0 Å². The van der Waals surface area contributed by atoms with E-state index in [4.69, 9.17) is 5.11 Å². The molecule has 0 spiro atoms. The second-order valence-electron chi connectivity index (χ2n) is 3.05.